The van der Waals surface area contributed by atoms with E-state index in [9.17, 15) is 0 Å². The number of rotatable bonds is 4. The molecule has 1 N–H and O–H groups in total. The Balaban J connectivity index is 1.78. The zero-order valence-corrected chi connectivity index (χ0v) is 8.24. The molecule has 0 spiro atoms. The van der Waals surface area contributed by atoms with Crippen LogP contribution in [0.25, 0.3) is 0 Å². The van der Waals surface area contributed by atoms with E-state index in [1.807, 2.05) is 0 Å². The summed E-state index contributed by atoms with van der Waals surface area (Å²) in [5.41, 5.74) is 0. The van der Waals surface area contributed by atoms with Crippen molar-refractivity contribution >= 4 is 0 Å². The molecular formula is C11H20O2. The minimum atomic E-state index is 0.146. The average molecular weight is 184 g/mol. The molecule has 2 aliphatic carbocycles. The molecule has 2 nitrogen and oxygen atoms in total. The van der Waals surface area contributed by atoms with Gasteiger partial charge in [0.25, 0.3) is 0 Å². The molecule has 1 unspecified atom stereocenters. The van der Waals surface area contributed by atoms with Crippen LogP contribution >= 0.6 is 0 Å². The van der Waals surface area contributed by atoms with Crippen LogP contribution in [0.4, 0.5) is 0 Å². The fourth-order valence-electron chi connectivity index (χ4n) is 2.51. The van der Waals surface area contributed by atoms with Crippen LogP contribution in [-0.2, 0) is 4.89 Å². The lowest BCUT2D eigenvalue weighted by Crippen LogP contribution is -2.25. The average Bonchev–Trinajstić information content (AvgIpc) is 2.99. The third-order valence-corrected chi connectivity index (χ3v) is 3.57. The Bertz CT molecular complexity index is 148. The molecule has 0 aliphatic heterocycles. The topological polar surface area (TPSA) is 29.5 Å². The molecule has 0 saturated heterocycles. The van der Waals surface area contributed by atoms with Crippen LogP contribution in [-0.4, -0.2) is 11.4 Å². The van der Waals surface area contributed by atoms with E-state index in [-0.39, 0.29) is 6.10 Å². The first-order valence-electron chi connectivity index (χ1n) is 5.70. The molecule has 0 amide bonds. The van der Waals surface area contributed by atoms with Crippen LogP contribution < -0.4 is 0 Å². The SMILES string of the molecule is OOC(CC1CC1)C1CCCCC1. The first kappa shape index (κ1) is 9.47. The van der Waals surface area contributed by atoms with Crippen molar-refractivity contribution in [3.63, 3.8) is 0 Å². The monoisotopic (exact) mass is 184 g/mol. The van der Waals surface area contributed by atoms with Crippen molar-refractivity contribution in [1.82, 2.24) is 0 Å². The molecule has 0 aromatic heterocycles. The first-order valence-corrected chi connectivity index (χ1v) is 5.70. The minimum absolute atomic E-state index is 0.146. The lowest BCUT2D eigenvalue weighted by molar-refractivity contribution is -0.294. The highest BCUT2D eigenvalue weighted by Gasteiger charge is 2.31. The smallest absolute Gasteiger partial charge is 0.0958 e. The van der Waals surface area contributed by atoms with Gasteiger partial charge in [0, 0.05) is 0 Å². The maximum Gasteiger partial charge on any atom is 0.0958 e. The molecule has 1 atom stereocenters. The summed E-state index contributed by atoms with van der Waals surface area (Å²) in [7, 11) is 0. The van der Waals surface area contributed by atoms with E-state index in [4.69, 9.17) is 5.26 Å². The summed E-state index contributed by atoms with van der Waals surface area (Å²) in [5, 5.41) is 8.85. The second kappa shape index (κ2) is 4.43. The summed E-state index contributed by atoms with van der Waals surface area (Å²) in [6.45, 7) is 0. The van der Waals surface area contributed by atoms with Gasteiger partial charge in [-0.25, -0.2) is 4.89 Å². The predicted octanol–water partition coefficient (Wildman–Crippen LogP) is 3.23. The van der Waals surface area contributed by atoms with Crippen LogP contribution in [0.15, 0.2) is 0 Å². The summed E-state index contributed by atoms with van der Waals surface area (Å²) in [4.78, 5) is 4.64. The van der Waals surface area contributed by atoms with Crippen molar-refractivity contribution in [2.45, 2.75) is 57.5 Å². The molecule has 2 heteroatoms. The van der Waals surface area contributed by atoms with Crippen molar-refractivity contribution in [3.05, 3.63) is 0 Å². The van der Waals surface area contributed by atoms with Gasteiger partial charge < -0.3 is 0 Å². The summed E-state index contributed by atoms with van der Waals surface area (Å²) >= 11 is 0. The normalized spacial score (nSPS) is 27.5. The van der Waals surface area contributed by atoms with Crippen LogP contribution in [0.2, 0.25) is 0 Å². The van der Waals surface area contributed by atoms with Gasteiger partial charge in [-0.3, -0.25) is 5.26 Å². The zero-order chi connectivity index (χ0) is 9.10. The Hall–Kier alpha value is -0.0800. The highest BCUT2D eigenvalue weighted by Crippen LogP contribution is 2.38. The van der Waals surface area contributed by atoms with Gasteiger partial charge in [-0.1, -0.05) is 32.1 Å². The van der Waals surface area contributed by atoms with Crippen molar-refractivity contribution in [3.8, 4) is 0 Å². The molecule has 0 heterocycles. The van der Waals surface area contributed by atoms with Gasteiger partial charge in [0.1, 0.15) is 0 Å². The highest BCUT2D eigenvalue weighted by atomic mass is 17.1. The largest absolute Gasteiger partial charge is 0.252 e. The standard InChI is InChI=1S/C11H20O2/c12-13-11(8-9-6-7-9)10-4-2-1-3-5-10/h9-12H,1-8H2. The Morgan fingerprint density at radius 3 is 2.31 bits per heavy atom. The Morgan fingerprint density at radius 2 is 1.77 bits per heavy atom. The van der Waals surface area contributed by atoms with E-state index in [0.29, 0.717) is 5.92 Å². The van der Waals surface area contributed by atoms with Crippen LogP contribution in [0.5, 0.6) is 0 Å². The minimum Gasteiger partial charge on any atom is -0.252 e. The third kappa shape index (κ3) is 2.68. The molecule has 0 aromatic carbocycles. The predicted molar refractivity (Wildman–Crippen MR) is 51.4 cm³/mol. The van der Waals surface area contributed by atoms with Gasteiger partial charge in [-0.05, 0) is 31.1 Å². The van der Waals surface area contributed by atoms with Gasteiger partial charge in [-0.15, -0.1) is 0 Å². The van der Waals surface area contributed by atoms with Gasteiger partial charge in [0.15, 0.2) is 0 Å². The lowest BCUT2D eigenvalue weighted by Gasteiger charge is -2.27. The van der Waals surface area contributed by atoms with E-state index in [0.717, 1.165) is 12.3 Å². The Labute approximate surface area is 80.2 Å². The van der Waals surface area contributed by atoms with Crippen LogP contribution in [0.3, 0.4) is 0 Å². The molecule has 2 fully saturated rings. The number of hydrogen-bond acceptors (Lipinski definition) is 2. The summed E-state index contributed by atoms with van der Waals surface area (Å²) in [5.74, 6) is 1.50. The van der Waals surface area contributed by atoms with E-state index >= 15 is 0 Å². The van der Waals surface area contributed by atoms with E-state index in [2.05, 4.69) is 4.89 Å². The van der Waals surface area contributed by atoms with Crippen molar-refractivity contribution in [2.75, 3.05) is 0 Å². The maximum absolute atomic E-state index is 8.85. The lowest BCUT2D eigenvalue weighted by atomic mass is 9.83. The fourth-order valence-corrected chi connectivity index (χ4v) is 2.51. The Morgan fingerprint density at radius 1 is 1.08 bits per heavy atom. The van der Waals surface area contributed by atoms with Crippen molar-refractivity contribution < 1.29 is 10.1 Å². The third-order valence-electron chi connectivity index (χ3n) is 3.57. The van der Waals surface area contributed by atoms with E-state index in [1.165, 1.54) is 44.9 Å². The fraction of sp³-hybridized carbons (Fsp3) is 1.00. The summed E-state index contributed by atoms with van der Waals surface area (Å²) in [6, 6.07) is 0. The second-order valence-electron chi connectivity index (χ2n) is 4.72. The number of hydrogen-bond donors (Lipinski definition) is 1. The highest BCUT2D eigenvalue weighted by molar-refractivity contribution is 4.81. The summed E-state index contributed by atoms with van der Waals surface area (Å²) in [6.07, 6.45) is 10.5. The summed E-state index contributed by atoms with van der Waals surface area (Å²) < 4.78 is 0. The van der Waals surface area contributed by atoms with E-state index in [1.54, 1.807) is 0 Å². The zero-order valence-electron chi connectivity index (χ0n) is 8.24. The molecule has 0 aromatic rings. The van der Waals surface area contributed by atoms with Gasteiger partial charge in [0.2, 0.25) is 0 Å². The first-order chi connectivity index (χ1) is 6.40. The van der Waals surface area contributed by atoms with Crippen molar-refractivity contribution in [2.24, 2.45) is 11.8 Å². The van der Waals surface area contributed by atoms with Gasteiger partial charge >= 0.3 is 0 Å². The second-order valence-corrected chi connectivity index (χ2v) is 4.72. The molecule has 0 radical (unpaired) electrons. The maximum atomic E-state index is 8.85. The molecule has 76 valence electrons. The molecular weight excluding hydrogens is 164 g/mol. The molecule has 2 aliphatic rings. The van der Waals surface area contributed by atoms with E-state index < -0.39 is 0 Å². The Kier molecular flexibility index (Phi) is 3.23. The van der Waals surface area contributed by atoms with Gasteiger partial charge in [0.05, 0.1) is 6.10 Å². The molecule has 13 heavy (non-hydrogen) atoms. The molecule has 2 saturated carbocycles. The van der Waals surface area contributed by atoms with Crippen LogP contribution in [0.1, 0.15) is 51.4 Å². The quantitative estimate of drug-likeness (QED) is 0.537. The van der Waals surface area contributed by atoms with Gasteiger partial charge in [-0.2, -0.15) is 0 Å². The molecule has 0 bridgehead atoms. The van der Waals surface area contributed by atoms with Crippen molar-refractivity contribution in [1.29, 1.82) is 0 Å². The molecule has 2 rings (SSSR count). The van der Waals surface area contributed by atoms with Crippen LogP contribution in [0, 0.1) is 11.8 Å².